The summed E-state index contributed by atoms with van der Waals surface area (Å²) in [6.07, 6.45) is 0. The minimum Gasteiger partial charge on any atom is -0.368 e. The summed E-state index contributed by atoms with van der Waals surface area (Å²) in [7, 11) is 1.89. The van der Waals surface area contributed by atoms with E-state index in [4.69, 9.17) is 11.6 Å². The van der Waals surface area contributed by atoms with Crippen LogP contribution in [-0.2, 0) is 13.1 Å². The van der Waals surface area contributed by atoms with Gasteiger partial charge in [0.2, 0.25) is 0 Å². The van der Waals surface area contributed by atoms with Gasteiger partial charge in [0.25, 0.3) is 0 Å². The van der Waals surface area contributed by atoms with Crippen LogP contribution in [0, 0.1) is 5.82 Å². The molecule has 0 atom stereocenters. The van der Waals surface area contributed by atoms with Gasteiger partial charge in [0.05, 0.1) is 5.69 Å². The van der Waals surface area contributed by atoms with Gasteiger partial charge >= 0.3 is 0 Å². The van der Waals surface area contributed by atoms with Gasteiger partial charge in [-0.05, 0) is 29.8 Å². The third-order valence-corrected chi connectivity index (χ3v) is 3.75. The molecule has 0 radical (unpaired) electrons. The van der Waals surface area contributed by atoms with Crippen LogP contribution in [0.1, 0.15) is 18.1 Å². The third kappa shape index (κ3) is 3.96. The lowest BCUT2D eigenvalue weighted by molar-refractivity contribution is 0.615. The molecule has 0 fully saturated rings. The maximum atomic E-state index is 14.2. The standard InChI is InChI=1S/C17H20ClFN2/c1-3-20-11-13-8-6-10-16(19)17(13)21(2)12-14-7-4-5-9-15(14)18/h4-10,20H,3,11-12H2,1-2H3. The lowest BCUT2D eigenvalue weighted by atomic mass is 10.1. The molecular formula is C17H20ClFN2. The van der Waals surface area contributed by atoms with E-state index in [1.807, 2.05) is 49.2 Å². The van der Waals surface area contributed by atoms with Crippen LogP contribution in [0.4, 0.5) is 10.1 Å². The molecule has 2 aromatic carbocycles. The third-order valence-electron chi connectivity index (χ3n) is 3.38. The van der Waals surface area contributed by atoms with Crippen LogP contribution < -0.4 is 10.2 Å². The summed E-state index contributed by atoms with van der Waals surface area (Å²) in [5, 5.41) is 3.95. The van der Waals surface area contributed by atoms with E-state index >= 15 is 0 Å². The molecule has 1 N–H and O–H groups in total. The molecule has 0 aromatic heterocycles. The first kappa shape index (κ1) is 15.8. The second-order valence-electron chi connectivity index (χ2n) is 4.98. The van der Waals surface area contributed by atoms with Gasteiger partial charge in [0, 0.05) is 25.2 Å². The van der Waals surface area contributed by atoms with Gasteiger partial charge in [-0.15, -0.1) is 0 Å². The van der Waals surface area contributed by atoms with E-state index in [-0.39, 0.29) is 5.82 Å². The van der Waals surface area contributed by atoms with Crippen LogP contribution in [0.25, 0.3) is 0 Å². The predicted octanol–water partition coefficient (Wildman–Crippen LogP) is 4.23. The molecule has 0 aliphatic carbocycles. The van der Waals surface area contributed by atoms with Crippen molar-refractivity contribution < 1.29 is 4.39 Å². The number of rotatable bonds is 6. The first-order chi connectivity index (χ1) is 10.1. The number of nitrogens with zero attached hydrogens (tertiary/aromatic N) is 1. The highest BCUT2D eigenvalue weighted by Gasteiger charge is 2.14. The first-order valence-corrected chi connectivity index (χ1v) is 7.44. The number of hydrogen-bond donors (Lipinski definition) is 1. The Balaban J connectivity index is 2.26. The van der Waals surface area contributed by atoms with Gasteiger partial charge in [-0.3, -0.25) is 0 Å². The number of halogens is 2. The van der Waals surface area contributed by atoms with Crippen LogP contribution in [0.2, 0.25) is 5.02 Å². The average molecular weight is 307 g/mol. The summed E-state index contributed by atoms with van der Waals surface area (Å²) in [4.78, 5) is 1.91. The summed E-state index contributed by atoms with van der Waals surface area (Å²) in [6, 6.07) is 12.8. The highest BCUT2D eigenvalue weighted by molar-refractivity contribution is 6.31. The Kier molecular flexibility index (Phi) is 5.59. The molecule has 0 bridgehead atoms. The number of hydrogen-bond acceptors (Lipinski definition) is 2. The number of nitrogens with one attached hydrogen (secondary N) is 1. The average Bonchev–Trinajstić information content (AvgIpc) is 2.47. The van der Waals surface area contributed by atoms with Crippen LogP contribution in [0.15, 0.2) is 42.5 Å². The normalized spacial score (nSPS) is 10.7. The van der Waals surface area contributed by atoms with Crippen molar-refractivity contribution >= 4 is 17.3 Å². The van der Waals surface area contributed by atoms with E-state index in [0.29, 0.717) is 23.8 Å². The highest BCUT2D eigenvalue weighted by Crippen LogP contribution is 2.26. The zero-order valence-corrected chi connectivity index (χ0v) is 13.1. The zero-order chi connectivity index (χ0) is 15.2. The van der Waals surface area contributed by atoms with Gasteiger partial charge in [0.1, 0.15) is 5.82 Å². The smallest absolute Gasteiger partial charge is 0.146 e. The van der Waals surface area contributed by atoms with Gasteiger partial charge in [-0.2, -0.15) is 0 Å². The second-order valence-corrected chi connectivity index (χ2v) is 5.38. The quantitative estimate of drug-likeness (QED) is 0.859. The fraction of sp³-hybridized carbons (Fsp3) is 0.294. The largest absolute Gasteiger partial charge is 0.368 e. The van der Waals surface area contributed by atoms with E-state index < -0.39 is 0 Å². The molecule has 0 spiro atoms. The topological polar surface area (TPSA) is 15.3 Å². The molecule has 4 heteroatoms. The predicted molar refractivity (Wildman–Crippen MR) is 87.3 cm³/mol. The van der Waals surface area contributed by atoms with Gasteiger partial charge < -0.3 is 10.2 Å². The van der Waals surface area contributed by atoms with Crippen LogP contribution in [-0.4, -0.2) is 13.6 Å². The summed E-state index contributed by atoms with van der Waals surface area (Å²) >= 11 is 6.19. The number of anilines is 1. The molecule has 0 unspecified atom stereocenters. The van der Waals surface area contributed by atoms with Crippen LogP contribution in [0.5, 0.6) is 0 Å². The van der Waals surface area contributed by atoms with Gasteiger partial charge in [-0.1, -0.05) is 48.9 Å². The molecular weight excluding hydrogens is 287 g/mol. The van der Waals surface area contributed by atoms with Crippen molar-refractivity contribution in [1.29, 1.82) is 0 Å². The fourth-order valence-electron chi connectivity index (χ4n) is 2.35. The Morgan fingerprint density at radius 1 is 1.10 bits per heavy atom. The van der Waals surface area contributed by atoms with E-state index in [1.165, 1.54) is 6.07 Å². The molecule has 0 aliphatic heterocycles. The molecule has 2 aromatic rings. The monoisotopic (exact) mass is 306 g/mol. The van der Waals surface area contributed by atoms with Crippen molar-refractivity contribution in [2.24, 2.45) is 0 Å². The Labute approximate surface area is 130 Å². The lowest BCUT2D eigenvalue weighted by Crippen LogP contribution is -2.22. The Morgan fingerprint density at radius 2 is 1.81 bits per heavy atom. The summed E-state index contributed by atoms with van der Waals surface area (Å²) in [5.74, 6) is -0.208. The summed E-state index contributed by atoms with van der Waals surface area (Å²) < 4.78 is 14.2. The molecule has 112 valence electrons. The fourth-order valence-corrected chi connectivity index (χ4v) is 2.55. The van der Waals surface area contributed by atoms with E-state index in [0.717, 1.165) is 17.7 Å². The molecule has 2 rings (SSSR count). The minimum absolute atomic E-state index is 0.208. The van der Waals surface area contributed by atoms with Crippen molar-refractivity contribution in [3.63, 3.8) is 0 Å². The van der Waals surface area contributed by atoms with Crippen molar-refractivity contribution in [1.82, 2.24) is 5.32 Å². The van der Waals surface area contributed by atoms with E-state index in [2.05, 4.69) is 5.32 Å². The maximum absolute atomic E-state index is 14.2. The number of para-hydroxylation sites is 1. The molecule has 0 saturated heterocycles. The minimum atomic E-state index is -0.208. The van der Waals surface area contributed by atoms with Crippen molar-refractivity contribution in [3.8, 4) is 0 Å². The van der Waals surface area contributed by atoms with Gasteiger partial charge in [0.15, 0.2) is 0 Å². The molecule has 2 nitrogen and oxygen atoms in total. The van der Waals surface area contributed by atoms with Crippen LogP contribution >= 0.6 is 11.6 Å². The van der Waals surface area contributed by atoms with Crippen LogP contribution in [0.3, 0.4) is 0 Å². The maximum Gasteiger partial charge on any atom is 0.146 e. The molecule has 21 heavy (non-hydrogen) atoms. The molecule has 0 aliphatic rings. The molecule has 0 amide bonds. The Bertz CT molecular complexity index is 601. The summed E-state index contributed by atoms with van der Waals surface area (Å²) in [5.41, 5.74) is 2.56. The summed E-state index contributed by atoms with van der Waals surface area (Å²) in [6.45, 7) is 4.10. The van der Waals surface area contributed by atoms with Gasteiger partial charge in [-0.25, -0.2) is 4.39 Å². The number of benzene rings is 2. The Hall–Kier alpha value is -1.58. The highest BCUT2D eigenvalue weighted by atomic mass is 35.5. The first-order valence-electron chi connectivity index (χ1n) is 7.06. The SMILES string of the molecule is CCNCc1cccc(F)c1N(C)Cc1ccccc1Cl. The van der Waals surface area contributed by atoms with Crippen molar-refractivity contribution in [2.75, 3.05) is 18.5 Å². The second kappa shape index (κ2) is 7.43. The zero-order valence-electron chi connectivity index (χ0n) is 12.4. The lowest BCUT2D eigenvalue weighted by Gasteiger charge is -2.24. The van der Waals surface area contributed by atoms with Crippen molar-refractivity contribution in [3.05, 3.63) is 64.4 Å². The van der Waals surface area contributed by atoms with E-state index in [1.54, 1.807) is 6.07 Å². The van der Waals surface area contributed by atoms with E-state index in [9.17, 15) is 4.39 Å². The molecule has 0 saturated carbocycles. The Morgan fingerprint density at radius 3 is 2.52 bits per heavy atom. The van der Waals surface area contributed by atoms with Crippen molar-refractivity contribution in [2.45, 2.75) is 20.0 Å². The molecule has 0 heterocycles.